The molecule has 0 amide bonds. The first-order chi connectivity index (χ1) is 6.25. The van der Waals surface area contributed by atoms with Gasteiger partial charge in [-0.05, 0) is 18.6 Å². The smallest absolute Gasteiger partial charge is 0.0830 e. The lowest BCUT2D eigenvalue weighted by Gasteiger charge is -2.06. The van der Waals surface area contributed by atoms with E-state index >= 15 is 0 Å². The lowest BCUT2D eigenvalue weighted by atomic mass is 10.3. The molecule has 0 aliphatic heterocycles. The first-order valence-electron chi connectivity index (χ1n) is 4.10. The number of thioether (sulfide) groups is 1. The molecule has 0 aliphatic carbocycles. The van der Waals surface area contributed by atoms with Gasteiger partial charge in [-0.2, -0.15) is 0 Å². The summed E-state index contributed by atoms with van der Waals surface area (Å²) in [4.78, 5) is 0.966. The standard InChI is InChI=1S/C9H13N2OS/c10-7-3-1-4-8(9(7)11)13-6-2-5-12/h1,3-4H,2,5-6,10-11H2. The molecular weight excluding hydrogens is 184 g/mol. The van der Waals surface area contributed by atoms with Crippen molar-refractivity contribution in [2.45, 2.75) is 11.3 Å². The van der Waals surface area contributed by atoms with Crippen LogP contribution in [0.4, 0.5) is 11.4 Å². The van der Waals surface area contributed by atoms with Crippen molar-refractivity contribution in [3.05, 3.63) is 18.2 Å². The third kappa shape index (κ3) is 2.82. The number of hydrogen-bond acceptors (Lipinski definition) is 3. The van der Waals surface area contributed by atoms with Gasteiger partial charge in [0.25, 0.3) is 0 Å². The predicted octanol–water partition coefficient (Wildman–Crippen LogP) is 1.76. The molecule has 0 atom stereocenters. The lowest BCUT2D eigenvalue weighted by Crippen LogP contribution is -1.96. The molecule has 3 nitrogen and oxygen atoms in total. The van der Waals surface area contributed by atoms with Gasteiger partial charge in [-0.1, -0.05) is 6.07 Å². The monoisotopic (exact) mass is 197 g/mol. The van der Waals surface area contributed by atoms with Gasteiger partial charge in [0.1, 0.15) is 0 Å². The number of nitrogen functional groups attached to an aromatic ring is 2. The number of para-hydroxylation sites is 1. The van der Waals surface area contributed by atoms with E-state index in [2.05, 4.69) is 0 Å². The summed E-state index contributed by atoms with van der Waals surface area (Å²) < 4.78 is 0. The fourth-order valence-corrected chi connectivity index (χ4v) is 1.86. The molecule has 1 rings (SSSR count). The number of rotatable bonds is 4. The third-order valence-electron chi connectivity index (χ3n) is 1.65. The lowest BCUT2D eigenvalue weighted by molar-refractivity contribution is 0.194. The molecule has 0 aromatic heterocycles. The molecule has 1 radical (unpaired) electrons. The number of hydrogen-bond donors (Lipinski definition) is 2. The fourth-order valence-electron chi connectivity index (χ4n) is 0.928. The Hall–Kier alpha value is -0.870. The molecule has 0 heterocycles. The number of benzene rings is 1. The maximum atomic E-state index is 10.2. The highest BCUT2D eigenvalue weighted by atomic mass is 32.2. The van der Waals surface area contributed by atoms with E-state index in [1.807, 2.05) is 12.1 Å². The van der Waals surface area contributed by atoms with Crippen LogP contribution in [0.15, 0.2) is 23.1 Å². The van der Waals surface area contributed by atoms with Crippen molar-refractivity contribution in [2.24, 2.45) is 0 Å². The van der Waals surface area contributed by atoms with E-state index in [0.29, 0.717) is 17.8 Å². The molecule has 0 saturated carbocycles. The van der Waals surface area contributed by atoms with Crippen LogP contribution < -0.4 is 11.5 Å². The molecule has 0 bridgehead atoms. The molecule has 0 unspecified atom stereocenters. The Morgan fingerprint density at radius 1 is 1.31 bits per heavy atom. The van der Waals surface area contributed by atoms with Crippen LogP contribution in [0.25, 0.3) is 0 Å². The molecule has 0 fully saturated rings. The average Bonchev–Trinajstić information content (AvgIpc) is 2.13. The number of anilines is 2. The second-order valence-electron chi connectivity index (χ2n) is 2.67. The van der Waals surface area contributed by atoms with Crippen molar-refractivity contribution in [1.82, 2.24) is 0 Å². The highest BCUT2D eigenvalue weighted by molar-refractivity contribution is 7.99. The van der Waals surface area contributed by atoms with E-state index in [-0.39, 0.29) is 6.61 Å². The van der Waals surface area contributed by atoms with E-state index < -0.39 is 0 Å². The molecule has 0 saturated heterocycles. The summed E-state index contributed by atoms with van der Waals surface area (Å²) in [6.07, 6.45) is 0.666. The highest BCUT2D eigenvalue weighted by Gasteiger charge is 2.01. The van der Waals surface area contributed by atoms with Crippen LogP contribution in [0.5, 0.6) is 0 Å². The van der Waals surface area contributed by atoms with Crippen LogP contribution in [0.3, 0.4) is 0 Å². The third-order valence-corrected chi connectivity index (χ3v) is 2.81. The van der Waals surface area contributed by atoms with Gasteiger partial charge in [0.2, 0.25) is 0 Å². The van der Waals surface area contributed by atoms with Gasteiger partial charge in [-0.25, -0.2) is 5.11 Å². The normalized spacial score (nSPS) is 10.2. The van der Waals surface area contributed by atoms with E-state index in [1.165, 1.54) is 0 Å². The molecule has 1 aromatic carbocycles. The summed E-state index contributed by atoms with van der Waals surface area (Å²) in [7, 11) is 0. The Kier molecular flexibility index (Phi) is 3.92. The van der Waals surface area contributed by atoms with Crippen molar-refractivity contribution in [3.63, 3.8) is 0 Å². The van der Waals surface area contributed by atoms with Gasteiger partial charge >= 0.3 is 0 Å². The highest BCUT2D eigenvalue weighted by Crippen LogP contribution is 2.29. The Morgan fingerprint density at radius 3 is 2.77 bits per heavy atom. The summed E-state index contributed by atoms with van der Waals surface area (Å²) >= 11 is 1.58. The first kappa shape index (κ1) is 10.2. The summed E-state index contributed by atoms with van der Waals surface area (Å²) in [5, 5.41) is 10.2. The summed E-state index contributed by atoms with van der Waals surface area (Å²) in [6.45, 7) is -0.0325. The minimum atomic E-state index is -0.0325. The van der Waals surface area contributed by atoms with Crippen molar-refractivity contribution in [3.8, 4) is 0 Å². The molecule has 0 spiro atoms. The van der Waals surface area contributed by atoms with Crippen molar-refractivity contribution in [1.29, 1.82) is 0 Å². The Morgan fingerprint density at radius 2 is 2.08 bits per heavy atom. The van der Waals surface area contributed by atoms with E-state index in [4.69, 9.17) is 11.5 Å². The first-order valence-corrected chi connectivity index (χ1v) is 5.09. The maximum absolute atomic E-state index is 10.2. The predicted molar refractivity (Wildman–Crippen MR) is 56.2 cm³/mol. The number of nitrogens with two attached hydrogens (primary N) is 2. The van der Waals surface area contributed by atoms with Gasteiger partial charge in [0.05, 0.1) is 18.0 Å². The van der Waals surface area contributed by atoms with Crippen LogP contribution in [-0.4, -0.2) is 12.4 Å². The quantitative estimate of drug-likeness (QED) is 0.439. The van der Waals surface area contributed by atoms with Gasteiger partial charge in [-0.15, -0.1) is 11.8 Å². The molecule has 71 valence electrons. The second-order valence-corrected chi connectivity index (χ2v) is 3.80. The maximum Gasteiger partial charge on any atom is 0.0830 e. The van der Waals surface area contributed by atoms with Crippen LogP contribution in [0, 0.1) is 0 Å². The van der Waals surface area contributed by atoms with Crippen LogP contribution in [0.2, 0.25) is 0 Å². The molecule has 0 aliphatic rings. The Balaban J connectivity index is 2.61. The van der Waals surface area contributed by atoms with Crippen LogP contribution in [-0.2, 0) is 5.11 Å². The van der Waals surface area contributed by atoms with Gasteiger partial charge in [0, 0.05) is 10.6 Å². The van der Waals surface area contributed by atoms with Crippen molar-refractivity contribution >= 4 is 23.1 Å². The summed E-state index contributed by atoms with van der Waals surface area (Å²) in [5.74, 6) is 0.803. The van der Waals surface area contributed by atoms with E-state index in [1.54, 1.807) is 17.8 Å². The molecule has 1 aromatic rings. The van der Waals surface area contributed by atoms with Crippen molar-refractivity contribution < 1.29 is 5.11 Å². The van der Waals surface area contributed by atoms with Gasteiger partial charge in [0.15, 0.2) is 0 Å². The molecular formula is C9H13N2OS. The molecule has 4 heteroatoms. The van der Waals surface area contributed by atoms with Gasteiger partial charge < -0.3 is 11.5 Å². The van der Waals surface area contributed by atoms with Crippen molar-refractivity contribution in [2.75, 3.05) is 23.8 Å². The minimum Gasteiger partial charge on any atom is -0.397 e. The second kappa shape index (κ2) is 4.99. The summed E-state index contributed by atoms with van der Waals surface area (Å²) in [5.41, 5.74) is 12.6. The zero-order chi connectivity index (χ0) is 9.68. The zero-order valence-electron chi connectivity index (χ0n) is 7.32. The SMILES string of the molecule is Nc1cccc(SCCC[O])c1N. The van der Waals surface area contributed by atoms with Crippen LogP contribution in [0.1, 0.15) is 6.42 Å². The fraction of sp³-hybridized carbons (Fsp3) is 0.333. The Bertz CT molecular complexity index is 278. The van der Waals surface area contributed by atoms with E-state index in [0.717, 1.165) is 10.6 Å². The summed E-state index contributed by atoms with van der Waals surface area (Å²) in [6, 6.07) is 5.55. The van der Waals surface area contributed by atoms with Crippen LogP contribution >= 0.6 is 11.8 Å². The van der Waals surface area contributed by atoms with Gasteiger partial charge in [-0.3, -0.25) is 0 Å². The Labute approximate surface area is 82.1 Å². The molecule has 13 heavy (non-hydrogen) atoms. The van der Waals surface area contributed by atoms with E-state index in [9.17, 15) is 5.11 Å². The average molecular weight is 197 g/mol. The molecule has 4 N–H and O–H groups in total. The zero-order valence-corrected chi connectivity index (χ0v) is 8.14. The topological polar surface area (TPSA) is 71.9 Å². The minimum absolute atomic E-state index is 0.0325. The largest absolute Gasteiger partial charge is 0.397 e.